The number of benzene rings is 1. The highest BCUT2D eigenvalue weighted by atomic mass is 35.5. The number of halogens is 4. The molecule has 0 spiro atoms. The Morgan fingerprint density at radius 3 is 2.62 bits per heavy atom. The highest BCUT2D eigenvalue weighted by Gasteiger charge is 2.31. The molecule has 5 nitrogen and oxygen atoms in total. The molecule has 29 heavy (non-hydrogen) atoms. The number of aryl methyl sites for hydroxylation is 1. The zero-order valence-corrected chi connectivity index (χ0v) is 16.1. The fraction of sp³-hybridized carbons (Fsp3) is 0.250. The summed E-state index contributed by atoms with van der Waals surface area (Å²) in [6, 6.07) is 10.1. The molecule has 0 bridgehead atoms. The lowest BCUT2D eigenvalue weighted by atomic mass is 10.1. The first-order valence-electron chi connectivity index (χ1n) is 8.89. The van der Waals surface area contributed by atoms with E-state index in [1.807, 2.05) is 24.1 Å². The second-order valence-corrected chi connectivity index (χ2v) is 7.21. The number of nitrogens with zero attached hydrogens (tertiary/aromatic N) is 4. The topological polar surface area (TPSA) is 51.0 Å². The predicted molar refractivity (Wildman–Crippen MR) is 104 cm³/mol. The van der Waals surface area contributed by atoms with Crippen LogP contribution in [0.25, 0.3) is 5.82 Å². The smallest absolute Gasteiger partial charge is 0.365 e. The Morgan fingerprint density at radius 1 is 1.17 bits per heavy atom. The number of hydrogen-bond donors (Lipinski definition) is 0. The molecular formula is C20H16ClF3N4O. The molecule has 1 atom stereocenters. The van der Waals surface area contributed by atoms with Gasteiger partial charge in [-0.3, -0.25) is 4.79 Å². The van der Waals surface area contributed by atoms with E-state index in [0.717, 1.165) is 29.7 Å². The third kappa shape index (κ3) is 3.48. The first-order chi connectivity index (χ1) is 13.8. The van der Waals surface area contributed by atoms with Gasteiger partial charge in [0.1, 0.15) is 5.02 Å². The number of fused-ring (bicyclic) bond motifs is 1. The van der Waals surface area contributed by atoms with Crippen LogP contribution in [0, 0.1) is 0 Å². The van der Waals surface area contributed by atoms with Crippen LogP contribution in [0.3, 0.4) is 0 Å². The van der Waals surface area contributed by atoms with Crippen LogP contribution in [0.1, 0.15) is 29.2 Å². The van der Waals surface area contributed by atoms with Crippen molar-refractivity contribution < 1.29 is 13.2 Å². The van der Waals surface area contributed by atoms with Crippen LogP contribution in [0.5, 0.6) is 0 Å². The van der Waals surface area contributed by atoms with Gasteiger partial charge in [0.25, 0.3) is 5.56 Å². The second-order valence-electron chi connectivity index (χ2n) is 6.83. The molecule has 0 aliphatic heterocycles. The molecule has 1 aliphatic carbocycles. The molecule has 1 aromatic carbocycles. The van der Waals surface area contributed by atoms with Crippen LogP contribution in [-0.4, -0.2) is 21.8 Å². The highest BCUT2D eigenvalue weighted by molar-refractivity contribution is 6.33. The summed E-state index contributed by atoms with van der Waals surface area (Å²) in [7, 11) is 1.84. The Hall–Kier alpha value is -2.87. The number of rotatable bonds is 3. The summed E-state index contributed by atoms with van der Waals surface area (Å²) < 4.78 is 39.0. The molecule has 2 aromatic heterocycles. The molecule has 4 rings (SSSR count). The van der Waals surface area contributed by atoms with Gasteiger partial charge in [-0.25, -0.2) is 4.98 Å². The third-order valence-corrected chi connectivity index (χ3v) is 5.50. The van der Waals surface area contributed by atoms with E-state index in [4.69, 9.17) is 11.6 Å². The number of alkyl halides is 3. The zero-order chi connectivity index (χ0) is 20.8. The second kappa shape index (κ2) is 7.18. The molecular weight excluding hydrogens is 405 g/mol. The molecule has 0 unspecified atom stereocenters. The minimum absolute atomic E-state index is 0.0367. The van der Waals surface area contributed by atoms with Crippen LogP contribution in [0.4, 0.5) is 18.9 Å². The highest BCUT2D eigenvalue weighted by Crippen LogP contribution is 2.38. The summed E-state index contributed by atoms with van der Waals surface area (Å²) in [5.74, 6) is -0.0367. The van der Waals surface area contributed by atoms with Gasteiger partial charge >= 0.3 is 6.18 Å². The SMILES string of the molecule is CN(c1cnn(-c2ccc(C(F)(F)F)cn2)c(=O)c1Cl)[C@@H]1CCc2ccccc21. The largest absolute Gasteiger partial charge is 0.417 e. The summed E-state index contributed by atoms with van der Waals surface area (Å²) in [5, 5.41) is 4.02. The van der Waals surface area contributed by atoms with Crippen LogP contribution in [-0.2, 0) is 12.6 Å². The van der Waals surface area contributed by atoms with E-state index in [2.05, 4.69) is 22.2 Å². The van der Waals surface area contributed by atoms with E-state index in [1.54, 1.807) is 0 Å². The fourth-order valence-corrected chi connectivity index (χ4v) is 3.88. The maximum absolute atomic E-state index is 12.7. The predicted octanol–water partition coefficient (Wildman–Crippen LogP) is 4.42. The van der Waals surface area contributed by atoms with Crippen LogP contribution >= 0.6 is 11.6 Å². The Morgan fingerprint density at radius 2 is 1.93 bits per heavy atom. The van der Waals surface area contributed by atoms with Gasteiger partial charge in [0, 0.05) is 13.2 Å². The summed E-state index contributed by atoms with van der Waals surface area (Å²) in [4.78, 5) is 18.3. The van der Waals surface area contributed by atoms with E-state index >= 15 is 0 Å². The Labute approximate surface area is 169 Å². The molecule has 0 N–H and O–H groups in total. The van der Waals surface area contributed by atoms with E-state index in [1.165, 1.54) is 17.3 Å². The number of aromatic nitrogens is 3. The van der Waals surface area contributed by atoms with Crippen molar-refractivity contribution in [1.29, 1.82) is 0 Å². The minimum atomic E-state index is -4.51. The van der Waals surface area contributed by atoms with Gasteiger partial charge in [0.15, 0.2) is 5.82 Å². The summed E-state index contributed by atoms with van der Waals surface area (Å²) >= 11 is 6.33. The van der Waals surface area contributed by atoms with Gasteiger partial charge < -0.3 is 4.90 Å². The molecule has 0 radical (unpaired) electrons. The summed E-state index contributed by atoms with van der Waals surface area (Å²) in [5.41, 5.74) is 1.35. The number of hydrogen-bond acceptors (Lipinski definition) is 4. The molecule has 0 saturated carbocycles. The van der Waals surface area contributed by atoms with Crippen molar-refractivity contribution in [2.24, 2.45) is 0 Å². The van der Waals surface area contributed by atoms with Gasteiger partial charge in [-0.15, -0.1) is 0 Å². The van der Waals surface area contributed by atoms with Crippen LogP contribution in [0.15, 0.2) is 53.6 Å². The van der Waals surface area contributed by atoms with Crippen molar-refractivity contribution in [2.75, 3.05) is 11.9 Å². The first kappa shape index (κ1) is 19.4. The van der Waals surface area contributed by atoms with E-state index in [0.29, 0.717) is 11.9 Å². The molecule has 2 heterocycles. The maximum atomic E-state index is 12.7. The van der Waals surface area contributed by atoms with Crippen LogP contribution < -0.4 is 10.5 Å². The van der Waals surface area contributed by atoms with Crippen molar-refractivity contribution in [1.82, 2.24) is 14.8 Å². The number of anilines is 1. The van der Waals surface area contributed by atoms with Crippen molar-refractivity contribution in [3.63, 3.8) is 0 Å². The average Bonchev–Trinajstić information content (AvgIpc) is 3.13. The lowest BCUT2D eigenvalue weighted by Crippen LogP contribution is -2.28. The van der Waals surface area contributed by atoms with E-state index < -0.39 is 17.3 Å². The van der Waals surface area contributed by atoms with Gasteiger partial charge in [-0.05, 0) is 36.1 Å². The van der Waals surface area contributed by atoms with Crippen molar-refractivity contribution in [3.8, 4) is 5.82 Å². The Balaban J connectivity index is 1.67. The molecule has 0 fully saturated rings. The molecule has 150 valence electrons. The minimum Gasteiger partial charge on any atom is -0.365 e. The average molecular weight is 421 g/mol. The lowest BCUT2D eigenvalue weighted by molar-refractivity contribution is -0.137. The van der Waals surface area contributed by atoms with E-state index in [-0.39, 0.29) is 16.9 Å². The quantitative estimate of drug-likeness (QED) is 0.629. The lowest BCUT2D eigenvalue weighted by Gasteiger charge is -2.28. The normalized spacial score (nSPS) is 16.0. The summed E-state index contributed by atoms with van der Waals surface area (Å²) in [6.45, 7) is 0. The third-order valence-electron chi connectivity index (χ3n) is 5.14. The van der Waals surface area contributed by atoms with Crippen molar-refractivity contribution >= 4 is 17.3 Å². The monoisotopic (exact) mass is 420 g/mol. The first-order valence-corrected chi connectivity index (χ1v) is 9.27. The van der Waals surface area contributed by atoms with Gasteiger partial charge in [-0.1, -0.05) is 35.9 Å². The van der Waals surface area contributed by atoms with Gasteiger partial charge in [0.05, 0.1) is 23.5 Å². The maximum Gasteiger partial charge on any atom is 0.417 e. The number of pyridine rings is 1. The molecule has 1 aliphatic rings. The molecule has 0 amide bonds. The van der Waals surface area contributed by atoms with Crippen LogP contribution in [0.2, 0.25) is 5.02 Å². The zero-order valence-electron chi connectivity index (χ0n) is 15.3. The van der Waals surface area contributed by atoms with Gasteiger partial charge in [-0.2, -0.15) is 23.0 Å². The standard InChI is InChI=1S/C20H16ClF3N4O/c1-27(15-8-6-12-4-2-3-5-14(12)15)16-11-26-28(19(29)18(16)21)17-9-7-13(10-25-17)20(22,23)24/h2-5,7,9-11,15H,6,8H2,1H3/t15-/m1/s1. The molecule has 0 saturated heterocycles. The Kier molecular flexibility index (Phi) is 4.82. The van der Waals surface area contributed by atoms with Crippen molar-refractivity contribution in [2.45, 2.75) is 25.1 Å². The van der Waals surface area contributed by atoms with Gasteiger partial charge in [0.2, 0.25) is 0 Å². The summed E-state index contributed by atoms with van der Waals surface area (Å²) in [6.07, 6.45) is -0.596. The fourth-order valence-electron chi connectivity index (χ4n) is 3.62. The molecule has 3 aromatic rings. The van der Waals surface area contributed by atoms with Crippen molar-refractivity contribution in [3.05, 3.63) is 80.9 Å². The molecule has 9 heteroatoms. The van der Waals surface area contributed by atoms with E-state index in [9.17, 15) is 18.0 Å². The Bertz CT molecular complexity index is 1110.